The number of azide groups is 1. The molecule has 0 aromatic heterocycles. The Kier molecular flexibility index (Phi) is 6.32. The van der Waals surface area contributed by atoms with Crippen molar-refractivity contribution in [2.75, 3.05) is 0 Å². The zero-order valence-corrected chi connectivity index (χ0v) is 15.9. The maximum absolute atomic E-state index is 9.06. The van der Waals surface area contributed by atoms with Gasteiger partial charge in [-0.25, -0.2) is 0 Å². The zero-order valence-electron chi connectivity index (χ0n) is 14.9. The molecule has 0 atom stereocenters. The van der Waals surface area contributed by atoms with Crippen molar-refractivity contribution in [3.63, 3.8) is 0 Å². The standard InChI is InChI=1S/C16H33N3OSi/c1-12(2)21(13(3)4,14(5)6)20-16(18-19-17)10-8-15(7)9-11-16/h12-15H,8-11H2,1-7H3. The molecule has 4 nitrogen and oxygen atoms in total. The van der Waals surface area contributed by atoms with E-state index in [-0.39, 0.29) is 0 Å². The van der Waals surface area contributed by atoms with Gasteiger partial charge >= 0.3 is 0 Å². The Labute approximate surface area is 131 Å². The second kappa shape index (κ2) is 7.17. The number of hydrogen-bond acceptors (Lipinski definition) is 2. The Morgan fingerprint density at radius 3 is 1.81 bits per heavy atom. The van der Waals surface area contributed by atoms with Gasteiger partial charge in [-0.1, -0.05) is 53.6 Å². The average molecular weight is 312 g/mol. The highest BCUT2D eigenvalue weighted by Gasteiger charge is 2.51. The van der Waals surface area contributed by atoms with E-state index in [1.165, 1.54) is 0 Å². The zero-order chi connectivity index (χ0) is 16.3. The summed E-state index contributed by atoms with van der Waals surface area (Å²) in [6.45, 7) is 16.0. The van der Waals surface area contributed by atoms with Gasteiger partial charge in [-0.15, -0.1) is 0 Å². The summed E-state index contributed by atoms with van der Waals surface area (Å²) in [5, 5.41) is 4.17. The number of rotatable bonds is 6. The summed E-state index contributed by atoms with van der Waals surface area (Å²) in [6.07, 6.45) is 3.94. The summed E-state index contributed by atoms with van der Waals surface area (Å²) in [5.41, 5.74) is 10.0. The molecule has 0 aromatic carbocycles. The Morgan fingerprint density at radius 2 is 1.48 bits per heavy atom. The van der Waals surface area contributed by atoms with E-state index in [0.29, 0.717) is 22.5 Å². The molecule has 0 radical (unpaired) electrons. The average Bonchev–Trinajstić information content (AvgIpc) is 2.38. The summed E-state index contributed by atoms with van der Waals surface area (Å²) >= 11 is 0. The largest absolute Gasteiger partial charge is 0.404 e. The normalized spacial score (nSPS) is 27.2. The fourth-order valence-electron chi connectivity index (χ4n) is 4.20. The van der Waals surface area contributed by atoms with Crippen molar-refractivity contribution in [1.82, 2.24) is 0 Å². The summed E-state index contributed by atoms with van der Waals surface area (Å²) in [6, 6.07) is 0. The molecule has 1 saturated carbocycles. The molecule has 21 heavy (non-hydrogen) atoms. The van der Waals surface area contributed by atoms with Crippen LogP contribution in [0.15, 0.2) is 5.11 Å². The van der Waals surface area contributed by atoms with Crippen LogP contribution in [0.1, 0.15) is 74.1 Å². The van der Waals surface area contributed by atoms with Gasteiger partial charge in [-0.3, -0.25) is 0 Å². The predicted octanol–water partition coefficient (Wildman–Crippen LogP) is 6.40. The van der Waals surface area contributed by atoms with Crippen LogP contribution in [0.5, 0.6) is 0 Å². The van der Waals surface area contributed by atoms with Crippen molar-refractivity contribution in [1.29, 1.82) is 0 Å². The van der Waals surface area contributed by atoms with Gasteiger partial charge in [-0.2, -0.15) is 0 Å². The molecule has 0 N–H and O–H groups in total. The van der Waals surface area contributed by atoms with E-state index in [1.54, 1.807) is 0 Å². The molecule has 0 unspecified atom stereocenters. The number of hydrogen-bond donors (Lipinski definition) is 0. The third-order valence-corrected chi connectivity index (χ3v) is 11.5. The van der Waals surface area contributed by atoms with Gasteiger partial charge in [0.25, 0.3) is 0 Å². The molecule has 1 fully saturated rings. The Balaban J connectivity index is 3.17. The monoisotopic (exact) mass is 311 g/mol. The van der Waals surface area contributed by atoms with E-state index < -0.39 is 14.0 Å². The first kappa shape index (κ1) is 18.5. The predicted molar refractivity (Wildman–Crippen MR) is 91.6 cm³/mol. The van der Waals surface area contributed by atoms with Gasteiger partial charge in [0.2, 0.25) is 8.32 Å². The van der Waals surface area contributed by atoms with Crippen molar-refractivity contribution in [3.05, 3.63) is 10.4 Å². The third kappa shape index (κ3) is 3.82. The van der Waals surface area contributed by atoms with Crippen LogP contribution in [0.4, 0.5) is 0 Å². The molecule has 0 saturated heterocycles. The lowest BCUT2D eigenvalue weighted by Gasteiger charge is -2.49. The SMILES string of the molecule is CC1CCC(N=[N+]=[N-])(O[Si](C(C)C)(C(C)C)C(C)C)CC1. The van der Waals surface area contributed by atoms with Crippen molar-refractivity contribution < 1.29 is 4.43 Å². The lowest BCUT2D eigenvalue weighted by Crippen LogP contribution is -2.54. The highest BCUT2D eigenvalue weighted by Crippen LogP contribution is 2.48. The van der Waals surface area contributed by atoms with E-state index in [2.05, 4.69) is 58.5 Å². The maximum atomic E-state index is 9.06. The molecule has 0 spiro atoms. The van der Waals surface area contributed by atoms with Crippen LogP contribution in [0.2, 0.25) is 16.6 Å². The number of nitrogens with zero attached hydrogens (tertiary/aromatic N) is 3. The van der Waals surface area contributed by atoms with Gasteiger partial charge in [-0.05, 0) is 53.8 Å². The van der Waals surface area contributed by atoms with Crippen LogP contribution < -0.4 is 0 Å². The summed E-state index contributed by atoms with van der Waals surface area (Å²) in [7, 11) is -2.01. The lowest BCUT2D eigenvalue weighted by atomic mass is 9.85. The summed E-state index contributed by atoms with van der Waals surface area (Å²) in [5.74, 6) is 0.712. The minimum absolute atomic E-state index is 0.516. The lowest BCUT2D eigenvalue weighted by molar-refractivity contribution is 0.00759. The second-order valence-electron chi connectivity index (χ2n) is 7.74. The quantitative estimate of drug-likeness (QED) is 0.242. The van der Waals surface area contributed by atoms with Crippen LogP contribution in [-0.4, -0.2) is 14.0 Å². The molecule has 122 valence electrons. The first-order valence-electron chi connectivity index (χ1n) is 8.46. The van der Waals surface area contributed by atoms with Gasteiger partial charge in [0.15, 0.2) is 0 Å². The van der Waals surface area contributed by atoms with Crippen molar-refractivity contribution in [3.8, 4) is 0 Å². The minimum atomic E-state index is -2.01. The van der Waals surface area contributed by atoms with Crippen molar-refractivity contribution in [2.24, 2.45) is 11.0 Å². The Bertz CT molecular complexity index is 359. The van der Waals surface area contributed by atoms with Crippen molar-refractivity contribution >= 4 is 8.32 Å². The fourth-order valence-corrected chi connectivity index (χ4v) is 9.81. The van der Waals surface area contributed by atoms with Gasteiger partial charge in [0, 0.05) is 4.91 Å². The molecule has 1 aliphatic rings. The van der Waals surface area contributed by atoms with E-state index in [4.69, 9.17) is 9.96 Å². The molecule has 5 heteroatoms. The molecule has 0 aromatic rings. The summed E-state index contributed by atoms with van der Waals surface area (Å²) in [4.78, 5) is 3.14. The first-order chi connectivity index (χ1) is 9.70. The fraction of sp³-hybridized carbons (Fsp3) is 1.00. The van der Waals surface area contributed by atoms with Crippen molar-refractivity contribution in [2.45, 2.75) is 96.5 Å². The molecule has 0 heterocycles. The van der Waals surface area contributed by atoms with E-state index in [1.807, 2.05) is 0 Å². The molecule has 0 bridgehead atoms. The smallest absolute Gasteiger partial charge is 0.201 e. The van der Waals surface area contributed by atoms with Crippen LogP contribution in [0, 0.1) is 5.92 Å². The first-order valence-corrected chi connectivity index (χ1v) is 10.6. The molecular weight excluding hydrogens is 278 g/mol. The van der Waals surface area contributed by atoms with Crippen LogP contribution in [-0.2, 0) is 4.43 Å². The summed E-state index contributed by atoms with van der Waals surface area (Å²) < 4.78 is 6.86. The second-order valence-corrected chi connectivity index (χ2v) is 13.1. The molecule has 1 rings (SSSR count). The molecule has 1 aliphatic carbocycles. The topological polar surface area (TPSA) is 58.0 Å². The van der Waals surface area contributed by atoms with Gasteiger partial charge in [0.05, 0.1) is 0 Å². The highest BCUT2D eigenvalue weighted by molar-refractivity contribution is 6.77. The Morgan fingerprint density at radius 1 is 1.05 bits per heavy atom. The minimum Gasteiger partial charge on any atom is -0.404 e. The van der Waals surface area contributed by atoms with Crippen LogP contribution in [0.25, 0.3) is 10.4 Å². The third-order valence-electron chi connectivity index (χ3n) is 5.36. The van der Waals surface area contributed by atoms with E-state index in [9.17, 15) is 0 Å². The van der Waals surface area contributed by atoms with Crippen LogP contribution in [0.3, 0.4) is 0 Å². The van der Waals surface area contributed by atoms with Crippen LogP contribution >= 0.6 is 0 Å². The molecule has 0 aliphatic heterocycles. The highest BCUT2D eigenvalue weighted by atomic mass is 28.4. The molecule has 0 amide bonds. The van der Waals surface area contributed by atoms with Gasteiger partial charge < -0.3 is 4.43 Å². The van der Waals surface area contributed by atoms with E-state index >= 15 is 0 Å². The maximum Gasteiger partial charge on any atom is 0.201 e. The molecular formula is C16H33N3OSi. The Hall–Kier alpha value is -0.513. The van der Waals surface area contributed by atoms with Gasteiger partial charge in [0.1, 0.15) is 5.72 Å². The van der Waals surface area contributed by atoms with E-state index in [0.717, 1.165) is 25.7 Å².